The molecule has 2 N–H and O–H groups in total. The molecule has 0 aromatic heterocycles. The summed E-state index contributed by atoms with van der Waals surface area (Å²) in [6.07, 6.45) is 2.87. The molecule has 4 heteroatoms. The van der Waals surface area contributed by atoms with Gasteiger partial charge >= 0.3 is 5.97 Å². The van der Waals surface area contributed by atoms with Gasteiger partial charge in [0, 0.05) is 25.3 Å². The number of hydrogen-bond donors (Lipinski definition) is 2. The molecule has 0 bridgehead atoms. The van der Waals surface area contributed by atoms with E-state index in [1.54, 1.807) is 18.2 Å². The molecule has 1 saturated heterocycles. The molecule has 0 atom stereocenters. The van der Waals surface area contributed by atoms with Crippen LogP contribution in [0, 0.1) is 0 Å². The van der Waals surface area contributed by atoms with Crippen molar-refractivity contribution in [3.8, 4) is 0 Å². The number of carbonyl (C=O) groups is 1. The minimum Gasteiger partial charge on any atom is -0.478 e. The van der Waals surface area contributed by atoms with Gasteiger partial charge in [-0.25, -0.2) is 4.79 Å². The van der Waals surface area contributed by atoms with E-state index in [0.717, 1.165) is 38.0 Å². The minimum atomic E-state index is -0.887. The van der Waals surface area contributed by atoms with Crippen LogP contribution in [-0.4, -0.2) is 29.8 Å². The first-order valence-electron chi connectivity index (χ1n) is 8.36. The summed E-state index contributed by atoms with van der Waals surface area (Å²) in [5.41, 5.74) is 2.64. The van der Waals surface area contributed by atoms with Crippen LogP contribution < -0.4 is 5.32 Å². The molecule has 0 spiro atoms. The van der Waals surface area contributed by atoms with Gasteiger partial charge in [-0.3, -0.25) is 0 Å². The molecule has 1 aliphatic rings. The molecule has 1 heterocycles. The van der Waals surface area contributed by atoms with Crippen molar-refractivity contribution < 1.29 is 14.6 Å². The van der Waals surface area contributed by atoms with E-state index in [0.29, 0.717) is 12.1 Å². The van der Waals surface area contributed by atoms with Crippen LogP contribution in [0.4, 0.5) is 0 Å². The largest absolute Gasteiger partial charge is 0.478 e. The van der Waals surface area contributed by atoms with Crippen LogP contribution in [0.3, 0.4) is 0 Å². The topological polar surface area (TPSA) is 58.6 Å². The Bertz CT molecular complexity index is 678. The predicted octanol–water partition coefficient (Wildman–Crippen LogP) is 3.27. The molecule has 2 aromatic carbocycles. The van der Waals surface area contributed by atoms with E-state index in [-0.39, 0.29) is 5.54 Å². The van der Waals surface area contributed by atoms with E-state index < -0.39 is 5.97 Å². The molecular formula is C20H23NO3. The van der Waals surface area contributed by atoms with Crippen LogP contribution in [0.5, 0.6) is 0 Å². The Hall–Kier alpha value is -2.17. The maximum absolute atomic E-state index is 11.1. The molecule has 2 aromatic rings. The van der Waals surface area contributed by atoms with Crippen molar-refractivity contribution in [1.82, 2.24) is 5.32 Å². The van der Waals surface area contributed by atoms with Gasteiger partial charge in [-0.15, -0.1) is 0 Å². The maximum Gasteiger partial charge on any atom is 0.335 e. The second-order valence-electron chi connectivity index (χ2n) is 6.41. The first-order chi connectivity index (χ1) is 11.7. The molecule has 1 fully saturated rings. The van der Waals surface area contributed by atoms with Gasteiger partial charge in [0.2, 0.25) is 0 Å². The quantitative estimate of drug-likeness (QED) is 0.856. The number of aromatic carboxylic acids is 1. The number of hydrogen-bond acceptors (Lipinski definition) is 3. The predicted molar refractivity (Wildman–Crippen MR) is 93.2 cm³/mol. The molecule has 4 nitrogen and oxygen atoms in total. The number of ether oxygens (including phenoxy) is 1. The summed E-state index contributed by atoms with van der Waals surface area (Å²) in [5.74, 6) is -0.887. The lowest BCUT2D eigenvalue weighted by Gasteiger charge is -2.38. The highest BCUT2D eigenvalue weighted by Gasteiger charge is 2.32. The van der Waals surface area contributed by atoms with Gasteiger partial charge in [-0.1, -0.05) is 42.5 Å². The van der Waals surface area contributed by atoms with Gasteiger partial charge in [0.15, 0.2) is 0 Å². The molecule has 0 saturated carbocycles. The lowest BCUT2D eigenvalue weighted by atomic mass is 9.83. The van der Waals surface area contributed by atoms with Crippen LogP contribution >= 0.6 is 0 Å². The summed E-state index contributed by atoms with van der Waals surface area (Å²) >= 11 is 0. The van der Waals surface area contributed by atoms with Gasteiger partial charge in [0.25, 0.3) is 0 Å². The normalized spacial score (nSPS) is 16.7. The zero-order valence-electron chi connectivity index (χ0n) is 13.7. The average molecular weight is 325 g/mol. The fraction of sp³-hybridized carbons (Fsp3) is 0.350. The summed E-state index contributed by atoms with van der Waals surface area (Å²) in [6.45, 7) is 2.18. The van der Waals surface area contributed by atoms with Crippen molar-refractivity contribution in [2.75, 3.05) is 13.2 Å². The Morgan fingerprint density at radius 1 is 1.04 bits per heavy atom. The molecule has 0 aliphatic carbocycles. The third-order valence-corrected chi connectivity index (χ3v) is 4.68. The van der Waals surface area contributed by atoms with E-state index in [1.165, 1.54) is 5.56 Å². The molecule has 1 aliphatic heterocycles. The number of carboxylic acids is 1. The zero-order valence-corrected chi connectivity index (χ0v) is 13.7. The van der Waals surface area contributed by atoms with Crippen LogP contribution in [0.25, 0.3) is 0 Å². The Kier molecular flexibility index (Phi) is 5.28. The number of carboxylic acid groups (broad SMARTS) is 1. The van der Waals surface area contributed by atoms with Crippen LogP contribution in [0.1, 0.15) is 34.3 Å². The highest BCUT2D eigenvalue weighted by molar-refractivity contribution is 5.87. The standard InChI is InChI=1S/C20H23NO3/c22-19(23)18-8-4-7-17(13-18)15-21-20(9-11-24-12-10-20)14-16-5-2-1-3-6-16/h1-8,13,21H,9-12,14-15H2,(H,22,23). The van der Waals surface area contributed by atoms with Gasteiger partial charge < -0.3 is 15.2 Å². The fourth-order valence-electron chi connectivity index (χ4n) is 3.27. The molecule has 0 unspecified atom stereocenters. The molecule has 126 valence electrons. The van der Waals surface area contributed by atoms with Gasteiger partial charge in [0.05, 0.1) is 5.56 Å². The first kappa shape index (κ1) is 16.7. The van der Waals surface area contributed by atoms with Crippen molar-refractivity contribution in [3.05, 3.63) is 71.3 Å². The lowest BCUT2D eigenvalue weighted by molar-refractivity contribution is 0.0373. The average Bonchev–Trinajstić information content (AvgIpc) is 2.62. The van der Waals surface area contributed by atoms with Crippen molar-refractivity contribution >= 4 is 5.97 Å². The van der Waals surface area contributed by atoms with Crippen LogP contribution in [0.15, 0.2) is 54.6 Å². The molecule has 0 amide bonds. The van der Waals surface area contributed by atoms with Crippen LogP contribution in [-0.2, 0) is 17.7 Å². The van der Waals surface area contributed by atoms with Gasteiger partial charge in [-0.05, 0) is 42.5 Å². The molecular weight excluding hydrogens is 302 g/mol. The highest BCUT2D eigenvalue weighted by atomic mass is 16.5. The SMILES string of the molecule is O=C(O)c1cccc(CNC2(Cc3ccccc3)CCOCC2)c1. The molecule has 0 radical (unpaired) electrons. The second-order valence-corrected chi connectivity index (χ2v) is 6.41. The maximum atomic E-state index is 11.1. The minimum absolute atomic E-state index is 0.00116. The fourth-order valence-corrected chi connectivity index (χ4v) is 3.27. The number of rotatable bonds is 6. The lowest BCUT2D eigenvalue weighted by Crippen LogP contribution is -2.50. The summed E-state index contributed by atoms with van der Waals surface area (Å²) in [5, 5.41) is 12.8. The van der Waals surface area contributed by atoms with E-state index in [1.807, 2.05) is 12.1 Å². The monoisotopic (exact) mass is 325 g/mol. The van der Waals surface area contributed by atoms with E-state index >= 15 is 0 Å². The van der Waals surface area contributed by atoms with Crippen molar-refractivity contribution in [2.24, 2.45) is 0 Å². The Labute approximate surface area is 142 Å². The van der Waals surface area contributed by atoms with E-state index in [4.69, 9.17) is 9.84 Å². The summed E-state index contributed by atoms with van der Waals surface area (Å²) in [4.78, 5) is 11.1. The number of benzene rings is 2. The van der Waals surface area contributed by atoms with Gasteiger partial charge in [-0.2, -0.15) is 0 Å². The van der Waals surface area contributed by atoms with Crippen molar-refractivity contribution in [3.63, 3.8) is 0 Å². The molecule has 3 rings (SSSR count). The summed E-state index contributed by atoms with van der Waals surface area (Å²) < 4.78 is 5.55. The van der Waals surface area contributed by atoms with Crippen molar-refractivity contribution in [1.29, 1.82) is 0 Å². The number of nitrogens with one attached hydrogen (secondary N) is 1. The zero-order chi connectivity index (χ0) is 16.8. The summed E-state index contributed by atoms with van der Waals surface area (Å²) in [6, 6.07) is 17.6. The third kappa shape index (κ3) is 4.22. The van der Waals surface area contributed by atoms with E-state index in [2.05, 4.69) is 29.6 Å². The van der Waals surface area contributed by atoms with Gasteiger partial charge in [0.1, 0.15) is 0 Å². The third-order valence-electron chi connectivity index (χ3n) is 4.68. The van der Waals surface area contributed by atoms with E-state index in [9.17, 15) is 4.79 Å². The second kappa shape index (κ2) is 7.60. The summed E-state index contributed by atoms with van der Waals surface area (Å²) in [7, 11) is 0. The Morgan fingerprint density at radius 3 is 2.46 bits per heavy atom. The smallest absolute Gasteiger partial charge is 0.335 e. The Morgan fingerprint density at radius 2 is 1.75 bits per heavy atom. The van der Waals surface area contributed by atoms with Crippen molar-refractivity contribution in [2.45, 2.75) is 31.3 Å². The molecule has 24 heavy (non-hydrogen) atoms. The Balaban J connectivity index is 1.72. The highest BCUT2D eigenvalue weighted by Crippen LogP contribution is 2.26. The van der Waals surface area contributed by atoms with Crippen LogP contribution in [0.2, 0.25) is 0 Å². The first-order valence-corrected chi connectivity index (χ1v) is 8.36.